The molecule has 5 rings (SSSR count). The third-order valence-electron chi connectivity index (χ3n) is 6.92. The van der Waals surface area contributed by atoms with E-state index in [9.17, 15) is 4.79 Å². The Kier molecular flexibility index (Phi) is 5.28. The predicted molar refractivity (Wildman–Crippen MR) is 120 cm³/mol. The standard InChI is InChI=1S/C27H29NO2/c1-18-14-15-23-26(29)25(16-24-22-12-6-5-11-20(22)17-28-24)30-27(23)21(18)13-7-10-19-8-3-2-4-9-19/h5-6,11-12,14-16,19H,2-4,7-10,13,17H2,1H3/b25-16-. The SMILES string of the molecule is Cc1ccc2c(c1CCCC1CCCCC1)O/C(=C\C1=NCc3ccccc31)C2=O. The first-order valence-electron chi connectivity index (χ1n) is 11.4. The van der Waals surface area contributed by atoms with Gasteiger partial charge in [-0.05, 0) is 48.4 Å². The van der Waals surface area contributed by atoms with Crippen molar-refractivity contribution in [1.82, 2.24) is 0 Å². The number of hydrogen-bond acceptors (Lipinski definition) is 3. The molecule has 2 aromatic carbocycles. The van der Waals surface area contributed by atoms with Crippen LogP contribution in [0.3, 0.4) is 0 Å². The van der Waals surface area contributed by atoms with Crippen LogP contribution in [-0.2, 0) is 13.0 Å². The fraction of sp³-hybridized carbons (Fsp3) is 0.407. The molecule has 0 N–H and O–H groups in total. The van der Waals surface area contributed by atoms with Gasteiger partial charge in [0.15, 0.2) is 5.76 Å². The van der Waals surface area contributed by atoms with Gasteiger partial charge in [-0.1, -0.05) is 68.9 Å². The van der Waals surface area contributed by atoms with Crippen molar-refractivity contribution in [3.05, 3.63) is 76.1 Å². The summed E-state index contributed by atoms with van der Waals surface area (Å²) in [6, 6.07) is 12.2. The summed E-state index contributed by atoms with van der Waals surface area (Å²) < 4.78 is 6.18. The summed E-state index contributed by atoms with van der Waals surface area (Å²) in [6.07, 6.45) is 12.2. The van der Waals surface area contributed by atoms with Gasteiger partial charge in [-0.2, -0.15) is 0 Å². The van der Waals surface area contributed by atoms with Crippen molar-refractivity contribution in [2.45, 2.75) is 64.8 Å². The lowest BCUT2D eigenvalue weighted by atomic mass is 9.85. The third-order valence-corrected chi connectivity index (χ3v) is 6.92. The molecular weight excluding hydrogens is 370 g/mol. The van der Waals surface area contributed by atoms with Crippen LogP contribution < -0.4 is 4.74 Å². The minimum atomic E-state index is -0.0226. The van der Waals surface area contributed by atoms with E-state index in [-0.39, 0.29) is 5.78 Å². The van der Waals surface area contributed by atoms with Crippen LogP contribution in [0.4, 0.5) is 0 Å². The highest BCUT2D eigenvalue weighted by Crippen LogP contribution is 2.38. The molecule has 3 aliphatic rings. The van der Waals surface area contributed by atoms with Gasteiger partial charge in [0.1, 0.15) is 5.75 Å². The van der Waals surface area contributed by atoms with Crippen molar-refractivity contribution in [2.75, 3.05) is 0 Å². The van der Waals surface area contributed by atoms with Crippen molar-refractivity contribution in [2.24, 2.45) is 10.9 Å². The average Bonchev–Trinajstić information content (AvgIpc) is 3.32. The van der Waals surface area contributed by atoms with Crippen molar-refractivity contribution in [3.8, 4) is 5.75 Å². The summed E-state index contributed by atoms with van der Waals surface area (Å²) in [5.41, 5.74) is 6.26. The maximum Gasteiger partial charge on any atom is 0.232 e. The number of Topliss-reactive ketones (excluding diaryl/α,β-unsaturated/α-hetero) is 1. The lowest BCUT2D eigenvalue weighted by molar-refractivity contribution is 0.101. The molecule has 0 spiro atoms. The number of nitrogens with zero attached hydrogens (tertiary/aromatic N) is 1. The van der Waals surface area contributed by atoms with Crippen LogP contribution in [-0.4, -0.2) is 11.5 Å². The van der Waals surface area contributed by atoms with Gasteiger partial charge in [0, 0.05) is 11.6 Å². The fourth-order valence-electron chi connectivity index (χ4n) is 5.17. The van der Waals surface area contributed by atoms with Gasteiger partial charge in [-0.25, -0.2) is 0 Å². The Labute approximate surface area is 178 Å². The predicted octanol–water partition coefficient (Wildman–Crippen LogP) is 6.36. The first kappa shape index (κ1) is 19.3. The first-order chi connectivity index (χ1) is 14.7. The van der Waals surface area contributed by atoms with E-state index >= 15 is 0 Å². The number of carbonyl (C=O) groups is 1. The van der Waals surface area contributed by atoms with Gasteiger partial charge in [0.25, 0.3) is 0 Å². The number of aryl methyl sites for hydroxylation is 1. The molecule has 3 nitrogen and oxygen atoms in total. The van der Waals surface area contributed by atoms with Crippen molar-refractivity contribution in [3.63, 3.8) is 0 Å². The molecule has 0 bridgehead atoms. The molecule has 1 aliphatic carbocycles. The molecule has 30 heavy (non-hydrogen) atoms. The lowest BCUT2D eigenvalue weighted by Crippen LogP contribution is -2.06. The van der Waals surface area contributed by atoms with Crippen molar-refractivity contribution < 1.29 is 9.53 Å². The summed E-state index contributed by atoms with van der Waals surface area (Å²) in [5.74, 6) is 2.04. The van der Waals surface area contributed by atoms with E-state index in [1.807, 2.05) is 24.3 Å². The second kappa shape index (κ2) is 8.22. The van der Waals surface area contributed by atoms with E-state index in [4.69, 9.17) is 4.74 Å². The first-order valence-corrected chi connectivity index (χ1v) is 11.4. The van der Waals surface area contributed by atoms with Crippen LogP contribution >= 0.6 is 0 Å². The second-order valence-corrected chi connectivity index (χ2v) is 8.93. The monoisotopic (exact) mass is 399 g/mol. The maximum atomic E-state index is 13.0. The number of ether oxygens (including phenoxy) is 1. The van der Waals surface area contributed by atoms with Crippen LogP contribution in [0.2, 0.25) is 0 Å². The fourth-order valence-corrected chi connectivity index (χ4v) is 5.17. The molecule has 1 saturated carbocycles. The number of rotatable bonds is 5. The number of ketones is 1. The zero-order valence-corrected chi connectivity index (χ0v) is 17.7. The average molecular weight is 400 g/mol. The number of fused-ring (bicyclic) bond motifs is 2. The summed E-state index contributed by atoms with van der Waals surface area (Å²) in [5, 5.41) is 0. The van der Waals surface area contributed by atoms with Crippen molar-refractivity contribution >= 4 is 11.5 Å². The summed E-state index contributed by atoms with van der Waals surface area (Å²) in [6.45, 7) is 2.80. The van der Waals surface area contributed by atoms with E-state index in [1.165, 1.54) is 61.6 Å². The van der Waals surface area contributed by atoms with Crippen LogP contribution in [0.15, 0.2) is 53.2 Å². The zero-order valence-electron chi connectivity index (χ0n) is 17.7. The summed E-state index contributed by atoms with van der Waals surface area (Å²) in [4.78, 5) is 17.6. The Morgan fingerprint density at radius 2 is 1.90 bits per heavy atom. The lowest BCUT2D eigenvalue weighted by Gasteiger charge is -2.21. The summed E-state index contributed by atoms with van der Waals surface area (Å²) >= 11 is 0. The number of benzene rings is 2. The molecular formula is C27H29NO2. The van der Waals surface area contributed by atoms with Gasteiger partial charge in [0.05, 0.1) is 17.8 Å². The molecule has 0 unspecified atom stereocenters. The minimum absolute atomic E-state index is 0.0226. The normalized spacial score (nSPS) is 19.6. The van der Waals surface area contributed by atoms with Gasteiger partial charge in [0.2, 0.25) is 5.78 Å². The van der Waals surface area contributed by atoms with E-state index < -0.39 is 0 Å². The van der Waals surface area contributed by atoms with Gasteiger partial charge in [-0.15, -0.1) is 0 Å². The number of aliphatic imine (C=N–C) groups is 1. The molecule has 2 aromatic rings. The third kappa shape index (κ3) is 3.62. The highest BCUT2D eigenvalue weighted by Gasteiger charge is 2.31. The topological polar surface area (TPSA) is 38.7 Å². The molecule has 3 heteroatoms. The molecule has 0 atom stereocenters. The zero-order chi connectivity index (χ0) is 20.5. The van der Waals surface area contributed by atoms with Crippen LogP contribution in [0.1, 0.15) is 77.6 Å². The van der Waals surface area contributed by atoms with E-state index in [2.05, 4.69) is 30.1 Å². The van der Waals surface area contributed by atoms with E-state index in [0.717, 1.165) is 29.4 Å². The molecule has 154 valence electrons. The number of hydrogen-bond donors (Lipinski definition) is 0. The van der Waals surface area contributed by atoms with Crippen molar-refractivity contribution in [1.29, 1.82) is 0 Å². The van der Waals surface area contributed by atoms with Gasteiger partial charge < -0.3 is 4.74 Å². The Bertz CT molecular complexity index is 1040. The molecule has 0 saturated heterocycles. The molecule has 2 heterocycles. The Morgan fingerprint density at radius 3 is 2.77 bits per heavy atom. The maximum absolute atomic E-state index is 13.0. The van der Waals surface area contributed by atoms with Gasteiger partial charge in [-0.3, -0.25) is 9.79 Å². The summed E-state index contributed by atoms with van der Waals surface area (Å²) in [7, 11) is 0. The largest absolute Gasteiger partial charge is 0.452 e. The van der Waals surface area contributed by atoms with E-state index in [0.29, 0.717) is 17.9 Å². The minimum Gasteiger partial charge on any atom is -0.452 e. The van der Waals surface area contributed by atoms with Crippen LogP contribution in [0, 0.1) is 12.8 Å². The highest BCUT2D eigenvalue weighted by atomic mass is 16.5. The smallest absolute Gasteiger partial charge is 0.232 e. The molecule has 1 fully saturated rings. The Balaban J connectivity index is 1.35. The Morgan fingerprint density at radius 1 is 1.07 bits per heavy atom. The highest BCUT2D eigenvalue weighted by molar-refractivity contribution is 6.19. The molecule has 0 radical (unpaired) electrons. The number of allylic oxidation sites excluding steroid dienone is 2. The van der Waals surface area contributed by atoms with Gasteiger partial charge >= 0.3 is 0 Å². The molecule has 0 amide bonds. The Hall–Kier alpha value is -2.68. The van der Waals surface area contributed by atoms with E-state index in [1.54, 1.807) is 0 Å². The van der Waals surface area contributed by atoms with Crippen LogP contribution in [0.5, 0.6) is 5.75 Å². The molecule has 0 aromatic heterocycles. The quantitative estimate of drug-likeness (QED) is 0.549. The van der Waals surface area contributed by atoms with Crippen LogP contribution in [0.25, 0.3) is 0 Å². The number of carbonyl (C=O) groups excluding carboxylic acids is 1. The molecule has 2 aliphatic heterocycles. The second-order valence-electron chi connectivity index (χ2n) is 8.93.